The minimum absolute atomic E-state index is 0.731. The molecule has 1 aliphatic carbocycles. The summed E-state index contributed by atoms with van der Waals surface area (Å²) in [5, 5.41) is 0.734. The Balaban J connectivity index is 1.41. The molecule has 1 saturated carbocycles. The quantitative estimate of drug-likeness (QED) is 0.654. The van der Waals surface area contributed by atoms with E-state index in [2.05, 4.69) is 35.3 Å². The van der Waals surface area contributed by atoms with Gasteiger partial charge in [0.2, 0.25) is 0 Å². The van der Waals surface area contributed by atoms with Gasteiger partial charge < -0.3 is 4.98 Å². The molecule has 1 aliphatic rings. The van der Waals surface area contributed by atoms with Crippen LogP contribution in [0.4, 0.5) is 0 Å². The van der Waals surface area contributed by atoms with Crippen LogP contribution in [-0.4, -0.2) is 9.97 Å². The maximum atomic E-state index is 6.22. The van der Waals surface area contributed by atoms with Crippen LogP contribution < -0.4 is 0 Å². The fourth-order valence-electron chi connectivity index (χ4n) is 3.84. The summed E-state index contributed by atoms with van der Waals surface area (Å²) >= 11 is 6.22. The Kier molecular flexibility index (Phi) is 4.09. The third-order valence-electron chi connectivity index (χ3n) is 5.11. The lowest BCUT2D eigenvalue weighted by Crippen LogP contribution is -2.15. The topological polar surface area (TPSA) is 28.7 Å². The van der Waals surface area contributed by atoms with Crippen molar-refractivity contribution >= 4 is 22.6 Å². The molecule has 1 N–H and O–H groups in total. The van der Waals surface area contributed by atoms with E-state index in [0.717, 1.165) is 40.1 Å². The van der Waals surface area contributed by atoms with Crippen LogP contribution in [0.2, 0.25) is 5.02 Å². The van der Waals surface area contributed by atoms with Crippen molar-refractivity contribution in [1.82, 2.24) is 9.97 Å². The Morgan fingerprint density at radius 2 is 1.74 bits per heavy atom. The largest absolute Gasteiger partial charge is 0.342 e. The molecule has 0 atom stereocenters. The monoisotopic (exact) mass is 324 g/mol. The molecule has 0 amide bonds. The van der Waals surface area contributed by atoms with E-state index in [9.17, 15) is 0 Å². The smallest absolute Gasteiger partial charge is 0.107 e. The predicted molar refractivity (Wildman–Crippen MR) is 95.9 cm³/mol. The number of nitrogens with one attached hydrogen (secondary N) is 1. The van der Waals surface area contributed by atoms with Gasteiger partial charge in [-0.3, -0.25) is 0 Å². The first-order chi connectivity index (χ1) is 11.3. The van der Waals surface area contributed by atoms with E-state index in [0.29, 0.717) is 0 Å². The van der Waals surface area contributed by atoms with Gasteiger partial charge >= 0.3 is 0 Å². The standard InChI is InChI=1S/C20H21ClN2/c21-17-7-4-8-18-20(17)23-19(22-18)13-14-9-11-16(12-10-14)15-5-2-1-3-6-15/h1-8,14,16H,9-13H2,(H,22,23)/t14-,16+. The van der Waals surface area contributed by atoms with E-state index in [1.165, 1.54) is 31.2 Å². The highest BCUT2D eigenvalue weighted by Gasteiger charge is 2.23. The lowest BCUT2D eigenvalue weighted by atomic mass is 9.77. The highest BCUT2D eigenvalue weighted by Crippen LogP contribution is 2.37. The van der Waals surface area contributed by atoms with Crippen molar-refractivity contribution < 1.29 is 0 Å². The highest BCUT2D eigenvalue weighted by atomic mass is 35.5. The molecule has 4 rings (SSSR count). The number of para-hydroxylation sites is 1. The second kappa shape index (κ2) is 6.37. The number of hydrogen-bond donors (Lipinski definition) is 1. The molecule has 118 valence electrons. The molecule has 1 aromatic heterocycles. The molecule has 0 aliphatic heterocycles. The molecule has 3 aromatic rings. The summed E-state index contributed by atoms with van der Waals surface area (Å²) in [5.41, 5.74) is 3.45. The number of nitrogens with zero attached hydrogens (tertiary/aromatic N) is 1. The van der Waals surface area contributed by atoms with Gasteiger partial charge in [-0.25, -0.2) is 4.98 Å². The molecule has 3 heteroatoms. The summed E-state index contributed by atoms with van der Waals surface area (Å²) in [6.07, 6.45) is 6.17. The number of aromatic nitrogens is 2. The van der Waals surface area contributed by atoms with Crippen LogP contribution in [-0.2, 0) is 6.42 Å². The summed E-state index contributed by atoms with van der Waals surface area (Å²) < 4.78 is 0. The zero-order valence-corrected chi connectivity index (χ0v) is 13.9. The molecule has 2 aromatic carbocycles. The number of imidazole rings is 1. The van der Waals surface area contributed by atoms with Gasteiger partial charge in [0.05, 0.1) is 10.5 Å². The van der Waals surface area contributed by atoms with Crippen molar-refractivity contribution in [2.45, 2.75) is 38.0 Å². The van der Waals surface area contributed by atoms with Crippen molar-refractivity contribution in [3.8, 4) is 0 Å². The molecule has 1 heterocycles. The van der Waals surface area contributed by atoms with E-state index in [1.807, 2.05) is 18.2 Å². The Bertz CT molecular complexity index is 786. The van der Waals surface area contributed by atoms with Gasteiger partial charge in [0, 0.05) is 6.42 Å². The summed E-state index contributed by atoms with van der Waals surface area (Å²) in [4.78, 5) is 8.13. The number of H-pyrrole nitrogens is 1. The lowest BCUT2D eigenvalue weighted by Gasteiger charge is -2.28. The molecule has 0 radical (unpaired) electrons. The molecule has 0 bridgehead atoms. The molecule has 0 saturated heterocycles. The molecular weight excluding hydrogens is 304 g/mol. The fourth-order valence-corrected chi connectivity index (χ4v) is 4.06. The third kappa shape index (κ3) is 3.13. The molecule has 2 nitrogen and oxygen atoms in total. The van der Waals surface area contributed by atoms with Crippen molar-refractivity contribution in [2.24, 2.45) is 5.92 Å². The first-order valence-corrected chi connectivity index (χ1v) is 8.85. The summed E-state index contributed by atoms with van der Waals surface area (Å²) in [5.74, 6) is 2.54. The molecule has 1 fully saturated rings. The number of aromatic amines is 1. The maximum absolute atomic E-state index is 6.22. The average molecular weight is 325 g/mol. The number of benzene rings is 2. The zero-order valence-electron chi connectivity index (χ0n) is 13.1. The van der Waals surface area contributed by atoms with Crippen molar-refractivity contribution in [3.05, 3.63) is 64.9 Å². The normalized spacial score (nSPS) is 21.6. The van der Waals surface area contributed by atoms with Crippen LogP contribution in [0.3, 0.4) is 0 Å². The van der Waals surface area contributed by atoms with Gasteiger partial charge in [-0.2, -0.15) is 0 Å². The minimum atomic E-state index is 0.731. The molecule has 23 heavy (non-hydrogen) atoms. The first-order valence-electron chi connectivity index (χ1n) is 8.47. The Labute approximate surface area is 141 Å². The van der Waals surface area contributed by atoms with Gasteiger partial charge in [0.1, 0.15) is 11.3 Å². The van der Waals surface area contributed by atoms with E-state index >= 15 is 0 Å². The van der Waals surface area contributed by atoms with Crippen molar-refractivity contribution in [1.29, 1.82) is 0 Å². The summed E-state index contributed by atoms with van der Waals surface area (Å²) in [6, 6.07) is 16.9. The molecule has 0 spiro atoms. The van der Waals surface area contributed by atoms with Gasteiger partial charge in [0.25, 0.3) is 0 Å². The molecule has 0 unspecified atom stereocenters. The Hall–Kier alpha value is -1.80. The van der Waals surface area contributed by atoms with Crippen LogP contribution in [0.5, 0.6) is 0 Å². The Morgan fingerprint density at radius 1 is 0.957 bits per heavy atom. The van der Waals surface area contributed by atoms with E-state index < -0.39 is 0 Å². The highest BCUT2D eigenvalue weighted by molar-refractivity contribution is 6.34. The van der Waals surface area contributed by atoms with Gasteiger partial charge in [0.15, 0.2) is 0 Å². The predicted octanol–water partition coefficient (Wildman–Crippen LogP) is 5.73. The van der Waals surface area contributed by atoms with Gasteiger partial charge in [-0.05, 0) is 55.2 Å². The number of fused-ring (bicyclic) bond motifs is 1. The minimum Gasteiger partial charge on any atom is -0.342 e. The van der Waals surface area contributed by atoms with E-state index in [-0.39, 0.29) is 0 Å². The van der Waals surface area contributed by atoms with E-state index in [1.54, 1.807) is 0 Å². The zero-order chi connectivity index (χ0) is 15.6. The van der Waals surface area contributed by atoms with Gasteiger partial charge in [-0.15, -0.1) is 0 Å². The van der Waals surface area contributed by atoms with Crippen molar-refractivity contribution in [3.63, 3.8) is 0 Å². The number of rotatable bonds is 3. The lowest BCUT2D eigenvalue weighted by molar-refractivity contribution is 0.321. The molecular formula is C20H21ClN2. The number of hydrogen-bond acceptors (Lipinski definition) is 1. The van der Waals surface area contributed by atoms with Crippen LogP contribution in [0.15, 0.2) is 48.5 Å². The second-order valence-corrected chi connectivity index (χ2v) is 7.06. The van der Waals surface area contributed by atoms with Gasteiger partial charge in [-0.1, -0.05) is 48.0 Å². The fraction of sp³-hybridized carbons (Fsp3) is 0.350. The van der Waals surface area contributed by atoms with E-state index in [4.69, 9.17) is 16.6 Å². The van der Waals surface area contributed by atoms with Crippen LogP contribution in [0, 0.1) is 5.92 Å². The average Bonchev–Trinajstić information content (AvgIpc) is 3.00. The third-order valence-corrected chi connectivity index (χ3v) is 5.42. The van der Waals surface area contributed by atoms with Crippen molar-refractivity contribution in [2.75, 3.05) is 0 Å². The SMILES string of the molecule is Clc1cccc2[nH]c(C[C@H]3CC[C@@H](c4ccccc4)CC3)nc12. The number of halogens is 1. The van der Waals surface area contributed by atoms with Crippen LogP contribution >= 0.6 is 11.6 Å². The van der Waals surface area contributed by atoms with Crippen LogP contribution in [0.25, 0.3) is 11.0 Å². The first kappa shape index (κ1) is 14.8. The maximum Gasteiger partial charge on any atom is 0.107 e. The Morgan fingerprint density at radius 3 is 2.48 bits per heavy atom. The summed E-state index contributed by atoms with van der Waals surface area (Å²) in [7, 11) is 0. The summed E-state index contributed by atoms with van der Waals surface area (Å²) in [6.45, 7) is 0. The second-order valence-electron chi connectivity index (χ2n) is 6.65. The van der Waals surface area contributed by atoms with Crippen LogP contribution in [0.1, 0.15) is 43.0 Å².